The molecule has 1 amide bonds. The molecule has 1 fully saturated rings. The Morgan fingerprint density at radius 1 is 1.57 bits per heavy atom. The minimum absolute atomic E-state index is 0.0675. The maximum absolute atomic E-state index is 11.8. The highest BCUT2D eigenvalue weighted by Gasteiger charge is 2.39. The van der Waals surface area contributed by atoms with E-state index < -0.39 is 5.60 Å². The number of hydrogen-bond acceptors (Lipinski definition) is 4. The van der Waals surface area contributed by atoms with Gasteiger partial charge in [-0.1, -0.05) is 23.7 Å². The molecule has 116 valence electrons. The Morgan fingerprint density at radius 3 is 3.00 bits per heavy atom. The summed E-state index contributed by atoms with van der Waals surface area (Å²) in [6.07, 6.45) is 0.708. The lowest BCUT2D eigenvalue weighted by atomic mass is 9.97. The molecular formula is C15H20ClNO3S. The van der Waals surface area contributed by atoms with Gasteiger partial charge in [-0.3, -0.25) is 4.79 Å². The smallest absolute Gasteiger partial charge is 0.220 e. The predicted molar refractivity (Wildman–Crippen MR) is 84.8 cm³/mol. The molecule has 0 bridgehead atoms. The second kappa shape index (κ2) is 7.49. The van der Waals surface area contributed by atoms with E-state index >= 15 is 0 Å². The fourth-order valence-electron chi connectivity index (χ4n) is 2.16. The van der Waals surface area contributed by atoms with E-state index in [-0.39, 0.29) is 18.6 Å². The van der Waals surface area contributed by atoms with Crippen molar-refractivity contribution in [2.75, 3.05) is 18.9 Å². The lowest BCUT2D eigenvalue weighted by molar-refractivity contribution is -0.122. The molecule has 2 unspecified atom stereocenters. The van der Waals surface area contributed by atoms with Gasteiger partial charge in [0, 0.05) is 36.6 Å². The summed E-state index contributed by atoms with van der Waals surface area (Å²) < 4.78 is 5.33. The number of carbonyl (C=O) groups excluding carboxylic acids is 1. The first-order valence-corrected chi connectivity index (χ1v) is 8.36. The van der Waals surface area contributed by atoms with Crippen LogP contribution in [-0.4, -0.2) is 41.6 Å². The van der Waals surface area contributed by atoms with Gasteiger partial charge in [-0.25, -0.2) is 0 Å². The molecule has 1 aliphatic heterocycles. The van der Waals surface area contributed by atoms with Crippen LogP contribution < -0.4 is 5.32 Å². The molecule has 6 heteroatoms. The maximum Gasteiger partial charge on any atom is 0.220 e. The first-order chi connectivity index (χ1) is 10.0. The van der Waals surface area contributed by atoms with E-state index in [4.69, 9.17) is 16.3 Å². The van der Waals surface area contributed by atoms with Crippen LogP contribution in [-0.2, 0) is 9.53 Å². The summed E-state index contributed by atoms with van der Waals surface area (Å²) in [6, 6.07) is 7.57. The molecule has 2 atom stereocenters. The minimum atomic E-state index is -0.939. The normalized spacial score (nSPS) is 25.0. The van der Waals surface area contributed by atoms with Crippen molar-refractivity contribution in [3.63, 3.8) is 0 Å². The number of hydrogen-bond donors (Lipinski definition) is 2. The summed E-state index contributed by atoms with van der Waals surface area (Å²) in [7, 11) is 0. The van der Waals surface area contributed by atoms with Crippen LogP contribution in [0.2, 0.25) is 5.02 Å². The zero-order valence-corrected chi connectivity index (χ0v) is 13.5. The number of rotatable bonds is 6. The second-order valence-electron chi connectivity index (χ2n) is 5.17. The van der Waals surface area contributed by atoms with E-state index in [9.17, 15) is 9.90 Å². The highest BCUT2D eigenvalue weighted by atomic mass is 35.5. The zero-order valence-electron chi connectivity index (χ0n) is 12.0. The van der Waals surface area contributed by atoms with Crippen LogP contribution in [0, 0.1) is 0 Å². The van der Waals surface area contributed by atoms with Gasteiger partial charge >= 0.3 is 0 Å². The zero-order chi connectivity index (χ0) is 15.3. The summed E-state index contributed by atoms with van der Waals surface area (Å²) in [5.74, 6) is 0.585. The molecule has 0 aliphatic carbocycles. The van der Waals surface area contributed by atoms with Crippen LogP contribution in [0.5, 0.6) is 0 Å². The van der Waals surface area contributed by atoms with Gasteiger partial charge in [-0.15, -0.1) is 11.8 Å². The molecule has 2 rings (SSSR count). The molecule has 0 aromatic heterocycles. The Kier molecular flexibility index (Phi) is 5.93. The van der Waals surface area contributed by atoms with Crippen LogP contribution in [0.4, 0.5) is 0 Å². The maximum atomic E-state index is 11.8. The van der Waals surface area contributed by atoms with Crippen LogP contribution >= 0.6 is 23.4 Å². The van der Waals surface area contributed by atoms with Crippen molar-refractivity contribution >= 4 is 29.3 Å². The molecule has 1 aliphatic rings. The Balaban J connectivity index is 1.70. The number of benzene rings is 1. The van der Waals surface area contributed by atoms with Gasteiger partial charge in [0.05, 0.1) is 11.1 Å². The molecule has 1 aromatic carbocycles. The van der Waals surface area contributed by atoms with Gasteiger partial charge in [-0.2, -0.15) is 0 Å². The number of nitrogens with one attached hydrogen (secondary N) is 1. The van der Waals surface area contributed by atoms with E-state index in [1.165, 1.54) is 0 Å². The van der Waals surface area contributed by atoms with Crippen molar-refractivity contribution in [3.05, 3.63) is 29.3 Å². The van der Waals surface area contributed by atoms with Crippen molar-refractivity contribution < 1.29 is 14.6 Å². The van der Waals surface area contributed by atoms with Crippen LogP contribution in [0.15, 0.2) is 29.2 Å². The number of halogens is 1. The number of carbonyl (C=O) groups is 1. The molecule has 21 heavy (non-hydrogen) atoms. The molecule has 4 nitrogen and oxygen atoms in total. The Bertz CT molecular complexity index is 500. The summed E-state index contributed by atoms with van der Waals surface area (Å²) >= 11 is 7.61. The number of ether oxygens (including phenoxy) is 1. The van der Waals surface area contributed by atoms with Crippen molar-refractivity contribution in [3.8, 4) is 0 Å². The fraction of sp³-hybridized carbons (Fsp3) is 0.533. The largest absolute Gasteiger partial charge is 0.385 e. The highest BCUT2D eigenvalue weighted by molar-refractivity contribution is 7.99. The van der Waals surface area contributed by atoms with E-state index in [2.05, 4.69) is 5.32 Å². The van der Waals surface area contributed by atoms with Crippen molar-refractivity contribution in [1.29, 1.82) is 0 Å². The van der Waals surface area contributed by atoms with E-state index in [0.29, 0.717) is 30.2 Å². The number of aliphatic hydroxyl groups is 1. The van der Waals surface area contributed by atoms with E-state index in [1.807, 2.05) is 31.2 Å². The van der Waals surface area contributed by atoms with Crippen molar-refractivity contribution in [2.24, 2.45) is 0 Å². The van der Waals surface area contributed by atoms with E-state index in [1.54, 1.807) is 11.8 Å². The lowest BCUT2D eigenvalue weighted by Gasteiger charge is -2.26. The average molecular weight is 330 g/mol. The first kappa shape index (κ1) is 16.6. The average Bonchev–Trinajstić information content (AvgIpc) is 2.79. The molecule has 2 N–H and O–H groups in total. The molecule has 0 spiro atoms. The SMILES string of the molecule is CC1OCCC1(O)CNC(=O)CCSc1ccccc1Cl. The van der Waals surface area contributed by atoms with Gasteiger partial charge in [0.1, 0.15) is 5.60 Å². The summed E-state index contributed by atoms with van der Waals surface area (Å²) in [5, 5.41) is 13.8. The number of thioether (sulfide) groups is 1. The topological polar surface area (TPSA) is 58.6 Å². The molecule has 1 saturated heterocycles. The van der Waals surface area contributed by atoms with Gasteiger partial charge in [0.15, 0.2) is 0 Å². The third-order valence-electron chi connectivity index (χ3n) is 3.67. The summed E-state index contributed by atoms with van der Waals surface area (Å²) in [4.78, 5) is 12.8. The van der Waals surface area contributed by atoms with E-state index in [0.717, 1.165) is 4.90 Å². The molecular weight excluding hydrogens is 310 g/mol. The standard InChI is InChI=1S/C15H20ClNO3S/c1-11-15(19,7-8-20-11)10-17-14(18)6-9-21-13-5-3-2-4-12(13)16/h2-5,11,19H,6-10H2,1H3,(H,17,18). The molecule has 0 radical (unpaired) electrons. The van der Waals surface area contributed by atoms with Gasteiger partial charge in [0.25, 0.3) is 0 Å². The predicted octanol–water partition coefficient (Wildman–Crippen LogP) is 2.48. The third kappa shape index (κ3) is 4.61. The number of amides is 1. The van der Waals surface area contributed by atoms with Crippen LogP contribution in [0.25, 0.3) is 0 Å². The molecule has 1 heterocycles. The second-order valence-corrected chi connectivity index (χ2v) is 6.72. The lowest BCUT2D eigenvalue weighted by Crippen LogP contribution is -2.47. The van der Waals surface area contributed by atoms with Crippen molar-refractivity contribution in [1.82, 2.24) is 5.32 Å². The van der Waals surface area contributed by atoms with Crippen LogP contribution in [0.3, 0.4) is 0 Å². The highest BCUT2D eigenvalue weighted by Crippen LogP contribution is 2.27. The third-order valence-corrected chi connectivity index (χ3v) is 5.19. The Hall–Kier alpha value is -0.750. The monoisotopic (exact) mass is 329 g/mol. The van der Waals surface area contributed by atoms with Crippen LogP contribution in [0.1, 0.15) is 19.8 Å². The summed E-state index contributed by atoms with van der Waals surface area (Å²) in [5.41, 5.74) is -0.939. The van der Waals surface area contributed by atoms with Gasteiger partial charge in [-0.05, 0) is 19.1 Å². The fourth-order valence-corrected chi connectivity index (χ4v) is 3.35. The van der Waals surface area contributed by atoms with Gasteiger partial charge in [0.2, 0.25) is 5.91 Å². The van der Waals surface area contributed by atoms with Gasteiger partial charge < -0.3 is 15.2 Å². The Labute approximate surface area is 134 Å². The Morgan fingerprint density at radius 2 is 2.33 bits per heavy atom. The first-order valence-electron chi connectivity index (χ1n) is 6.99. The minimum Gasteiger partial charge on any atom is -0.385 e. The quantitative estimate of drug-likeness (QED) is 0.787. The summed E-state index contributed by atoms with van der Waals surface area (Å²) in [6.45, 7) is 2.60. The van der Waals surface area contributed by atoms with Crippen molar-refractivity contribution in [2.45, 2.75) is 36.4 Å². The molecule has 0 saturated carbocycles. The molecule has 1 aromatic rings.